The van der Waals surface area contributed by atoms with Crippen LogP contribution in [0.4, 0.5) is 0 Å². The third-order valence-electron chi connectivity index (χ3n) is 4.08. The molecule has 0 amide bonds. The van der Waals surface area contributed by atoms with Gasteiger partial charge >= 0.3 is 0 Å². The van der Waals surface area contributed by atoms with Gasteiger partial charge in [0, 0.05) is 10.9 Å². The number of para-hydroxylation sites is 1. The summed E-state index contributed by atoms with van der Waals surface area (Å²) in [6.07, 6.45) is 0. The van der Waals surface area contributed by atoms with Crippen LogP contribution in [0.3, 0.4) is 0 Å². The highest BCUT2D eigenvalue weighted by atomic mass is 32.1. The van der Waals surface area contributed by atoms with Crippen LogP contribution in [-0.2, 0) is 6.54 Å². The van der Waals surface area contributed by atoms with Gasteiger partial charge in [-0.3, -0.25) is 4.90 Å². The first kappa shape index (κ1) is 14.3. The van der Waals surface area contributed by atoms with Gasteiger partial charge in [-0.25, -0.2) is 0 Å². The molecule has 0 radical (unpaired) electrons. The molecule has 0 saturated carbocycles. The van der Waals surface area contributed by atoms with E-state index in [2.05, 4.69) is 52.1 Å². The smallest absolute Gasteiger partial charge is 0.235 e. The standard InChI is InChI=1S/C16H18N6S/c1-3-21(4-2)10-14-18-19-16-22(14)20-15(23-16)13-9-11-7-5-6-8-12(11)17-13/h5-9,17H,3-4,10H2,1-2H3. The molecule has 0 aliphatic carbocycles. The van der Waals surface area contributed by atoms with Crippen LogP contribution in [0.2, 0.25) is 0 Å². The summed E-state index contributed by atoms with van der Waals surface area (Å²) >= 11 is 1.56. The molecule has 4 aromatic rings. The van der Waals surface area contributed by atoms with E-state index in [4.69, 9.17) is 5.10 Å². The lowest BCUT2D eigenvalue weighted by molar-refractivity contribution is 0.286. The molecular weight excluding hydrogens is 308 g/mol. The fourth-order valence-corrected chi connectivity index (χ4v) is 3.53. The molecule has 0 aliphatic heterocycles. The van der Waals surface area contributed by atoms with Crippen molar-refractivity contribution in [1.82, 2.24) is 29.7 Å². The molecule has 0 saturated heterocycles. The van der Waals surface area contributed by atoms with Crippen molar-refractivity contribution in [2.45, 2.75) is 20.4 Å². The van der Waals surface area contributed by atoms with Crippen molar-refractivity contribution in [3.05, 3.63) is 36.2 Å². The van der Waals surface area contributed by atoms with E-state index in [1.165, 1.54) is 5.39 Å². The summed E-state index contributed by atoms with van der Waals surface area (Å²) in [5, 5.41) is 15.4. The number of nitrogens with zero attached hydrogens (tertiary/aromatic N) is 5. The maximum atomic E-state index is 4.71. The summed E-state index contributed by atoms with van der Waals surface area (Å²) in [6, 6.07) is 10.4. The summed E-state index contributed by atoms with van der Waals surface area (Å²) in [6.45, 7) is 7.05. The van der Waals surface area contributed by atoms with Crippen LogP contribution in [-0.4, -0.2) is 42.8 Å². The molecule has 3 heterocycles. The second-order valence-electron chi connectivity index (χ2n) is 5.45. The highest BCUT2D eigenvalue weighted by Gasteiger charge is 2.15. The molecule has 0 atom stereocenters. The van der Waals surface area contributed by atoms with E-state index in [1.807, 2.05) is 16.6 Å². The molecule has 0 fully saturated rings. The van der Waals surface area contributed by atoms with Crippen molar-refractivity contribution in [2.75, 3.05) is 13.1 Å². The lowest BCUT2D eigenvalue weighted by Crippen LogP contribution is -2.23. The van der Waals surface area contributed by atoms with E-state index in [0.29, 0.717) is 0 Å². The molecule has 118 valence electrons. The second-order valence-corrected chi connectivity index (χ2v) is 6.41. The summed E-state index contributed by atoms with van der Waals surface area (Å²) < 4.78 is 1.86. The minimum absolute atomic E-state index is 0.768. The molecule has 1 aromatic carbocycles. The number of hydrogen-bond donors (Lipinski definition) is 1. The number of aromatic nitrogens is 5. The first-order chi connectivity index (χ1) is 11.3. The predicted molar refractivity (Wildman–Crippen MR) is 92.6 cm³/mol. The normalized spacial score (nSPS) is 12.0. The zero-order valence-corrected chi connectivity index (χ0v) is 14.0. The van der Waals surface area contributed by atoms with Gasteiger partial charge in [-0.05, 0) is 25.2 Å². The number of H-pyrrole nitrogens is 1. The van der Waals surface area contributed by atoms with Crippen molar-refractivity contribution in [2.24, 2.45) is 0 Å². The monoisotopic (exact) mass is 326 g/mol. The number of nitrogens with one attached hydrogen (secondary N) is 1. The Morgan fingerprint density at radius 3 is 2.78 bits per heavy atom. The molecule has 7 heteroatoms. The Labute approximate surface area is 137 Å². The van der Waals surface area contributed by atoms with Crippen LogP contribution in [0, 0.1) is 0 Å². The van der Waals surface area contributed by atoms with Crippen LogP contribution >= 0.6 is 11.3 Å². The summed E-state index contributed by atoms with van der Waals surface area (Å²) in [7, 11) is 0. The minimum Gasteiger partial charge on any atom is -0.353 e. The second kappa shape index (κ2) is 5.75. The minimum atomic E-state index is 0.768. The molecule has 0 spiro atoms. The van der Waals surface area contributed by atoms with E-state index in [0.717, 1.165) is 46.6 Å². The van der Waals surface area contributed by atoms with Gasteiger partial charge in [-0.1, -0.05) is 43.4 Å². The van der Waals surface area contributed by atoms with Crippen molar-refractivity contribution >= 4 is 27.2 Å². The number of aromatic amines is 1. The number of benzene rings is 1. The van der Waals surface area contributed by atoms with E-state index in [-0.39, 0.29) is 0 Å². The zero-order chi connectivity index (χ0) is 15.8. The Morgan fingerprint density at radius 2 is 2.00 bits per heavy atom. The molecule has 3 aromatic heterocycles. The van der Waals surface area contributed by atoms with Crippen molar-refractivity contribution < 1.29 is 0 Å². The molecule has 4 rings (SSSR count). The van der Waals surface area contributed by atoms with E-state index in [9.17, 15) is 0 Å². The molecule has 1 N–H and O–H groups in total. The van der Waals surface area contributed by atoms with E-state index in [1.54, 1.807) is 11.3 Å². The molecule has 0 bridgehead atoms. The SMILES string of the molecule is CCN(CC)Cc1nnc2sc(-c3cc4ccccc4[nH]3)nn12. The first-order valence-electron chi connectivity index (χ1n) is 7.80. The van der Waals surface area contributed by atoms with Crippen LogP contribution < -0.4 is 0 Å². The van der Waals surface area contributed by atoms with Crippen molar-refractivity contribution in [3.63, 3.8) is 0 Å². The van der Waals surface area contributed by atoms with E-state index >= 15 is 0 Å². The largest absolute Gasteiger partial charge is 0.353 e. The maximum Gasteiger partial charge on any atom is 0.235 e. The molecule has 23 heavy (non-hydrogen) atoms. The maximum absolute atomic E-state index is 4.71. The third-order valence-corrected chi connectivity index (χ3v) is 5.01. The van der Waals surface area contributed by atoms with Crippen molar-refractivity contribution in [1.29, 1.82) is 0 Å². The Bertz CT molecular complexity index is 913. The molecule has 6 nitrogen and oxygen atoms in total. The predicted octanol–water partition coefficient (Wildman–Crippen LogP) is 3.18. The highest BCUT2D eigenvalue weighted by molar-refractivity contribution is 7.19. The van der Waals surface area contributed by atoms with Crippen LogP contribution in [0.1, 0.15) is 19.7 Å². The van der Waals surface area contributed by atoms with Gasteiger partial charge in [0.1, 0.15) is 0 Å². The highest BCUT2D eigenvalue weighted by Crippen LogP contribution is 2.28. The summed E-state index contributed by atoms with van der Waals surface area (Å²) in [5.41, 5.74) is 2.15. The van der Waals surface area contributed by atoms with Gasteiger partial charge in [-0.2, -0.15) is 9.61 Å². The van der Waals surface area contributed by atoms with Gasteiger partial charge in [-0.15, -0.1) is 10.2 Å². The average Bonchev–Trinajstić information content (AvgIpc) is 3.26. The number of fused-ring (bicyclic) bond motifs is 2. The Morgan fingerprint density at radius 1 is 1.17 bits per heavy atom. The van der Waals surface area contributed by atoms with Crippen molar-refractivity contribution in [3.8, 4) is 10.7 Å². The topological polar surface area (TPSA) is 62.1 Å². The third kappa shape index (κ3) is 2.51. The Kier molecular flexibility index (Phi) is 3.59. The van der Waals surface area contributed by atoms with E-state index < -0.39 is 0 Å². The first-order valence-corrected chi connectivity index (χ1v) is 8.61. The van der Waals surface area contributed by atoms with Gasteiger partial charge in [0.25, 0.3) is 0 Å². The Balaban J connectivity index is 1.72. The number of rotatable bonds is 5. The zero-order valence-electron chi connectivity index (χ0n) is 13.2. The molecule has 0 unspecified atom stereocenters. The Hall–Kier alpha value is -2.25. The quantitative estimate of drug-likeness (QED) is 0.612. The average molecular weight is 326 g/mol. The van der Waals surface area contributed by atoms with Gasteiger partial charge in [0.2, 0.25) is 4.96 Å². The molecular formula is C16H18N6S. The molecule has 0 aliphatic rings. The van der Waals surface area contributed by atoms with Gasteiger partial charge in [0.05, 0.1) is 12.2 Å². The fourth-order valence-electron chi connectivity index (χ4n) is 2.70. The van der Waals surface area contributed by atoms with Crippen LogP contribution in [0.25, 0.3) is 26.6 Å². The summed E-state index contributed by atoms with van der Waals surface area (Å²) in [4.78, 5) is 6.56. The van der Waals surface area contributed by atoms with Crippen LogP contribution in [0.15, 0.2) is 30.3 Å². The lowest BCUT2D eigenvalue weighted by Gasteiger charge is -2.15. The summed E-state index contributed by atoms with van der Waals surface area (Å²) in [5.74, 6) is 0.891. The number of hydrogen-bond acceptors (Lipinski definition) is 5. The fraction of sp³-hybridized carbons (Fsp3) is 0.312. The van der Waals surface area contributed by atoms with Gasteiger partial charge < -0.3 is 4.98 Å². The lowest BCUT2D eigenvalue weighted by atomic mass is 10.2. The van der Waals surface area contributed by atoms with Crippen LogP contribution in [0.5, 0.6) is 0 Å². The van der Waals surface area contributed by atoms with Gasteiger partial charge in [0.15, 0.2) is 10.8 Å².